The zero-order chi connectivity index (χ0) is 17.1. The van der Waals surface area contributed by atoms with Gasteiger partial charge in [0.25, 0.3) is 0 Å². The zero-order valence-corrected chi connectivity index (χ0v) is 14.4. The van der Waals surface area contributed by atoms with Gasteiger partial charge in [-0.25, -0.2) is 0 Å². The van der Waals surface area contributed by atoms with E-state index in [0.717, 1.165) is 44.9 Å². The Morgan fingerprint density at radius 3 is 2.75 bits per heavy atom. The van der Waals surface area contributed by atoms with Crippen LogP contribution in [-0.2, 0) is 4.79 Å². The van der Waals surface area contributed by atoms with Crippen LogP contribution in [0.3, 0.4) is 0 Å². The van der Waals surface area contributed by atoms with Crippen molar-refractivity contribution in [2.45, 2.75) is 70.9 Å². The van der Waals surface area contributed by atoms with Crippen LogP contribution in [0.15, 0.2) is 11.6 Å². The number of carbonyl (C=O) groups is 1. The smallest absolute Gasteiger partial charge is 0.295 e. The molecule has 0 radical (unpaired) electrons. The van der Waals surface area contributed by atoms with Crippen LogP contribution in [0.25, 0.3) is 0 Å². The van der Waals surface area contributed by atoms with E-state index in [9.17, 15) is 18.0 Å². The molecule has 4 aliphatic rings. The number of halogens is 3. The second-order valence-corrected chi connectivity index (χ2v) is 8.95. The van der Waals surface area contributed by atoms with Crippen molar-refractivity contribution in [1.29, 1.82) is 0 Å². The van der Waals surface area contributed by atoms with Gasteiger partial charge in [0.1, 0.15) is 0 Å². The third-order valence-electron chi connectivity index (χ3n) is 7.72. The maximum absolute atomic E-state index is 13.3. The molecule has 134 valence electrons. The number of ketones is 1. The van der Waals surface area contributed by atoms with Crippen molar-refractivity contribution in [1.82, 2.24) is 0 Å². The minimum atomic E-state index is -4.05. The fourth-order valence-corrected chi connectivity index (χ4v) is 7.09. The predicted octanol–water partition coefficient (Wildman–Crippen LogP) is 5.70. The van der Waals surface area contributed by atoms with Crippen molar-refractivity contribution >= 4 is 5.78 Å². The van der Waals surface area contributed by atoms with Crippen LogP contribution >= 0.6 is 0 Å². The summed E-state index contributed by atoms with van der Waals surface area (Å²) in [6, 6.07) is 0. The molecule has 1 nitrogen and oxygen atoms in total. The number of allylic oxidation sites excluding steroid dienone is 1. The topological polar surface area (TPSA) is 17.1 Å². The minimum absolute atomic E-state index is 0.243. The zero-order valence-electron chi connectivity index (χ0n) is 14.4. The number of hydrogen-bond donors (Lipinski definition) is 0. The Morgan fingerprint density at radius 1 is 1.21 bits per heavy atom. The van der Waals surface area contributed by atoms with Crippen LogP contribution in [-0.4, -0.2) is 12.0 Å². The lowest BCUT2D eigenvalue weighted by Gasteiger charge is -2.56. The Labute approximate surface area is 142 Å². The highest BCUT2D eigenvalue weighted by atomic mass is 19.4. The minimum Gasteiger partial charge on any atom is -0.295 e. The number of alkyl halides is 3. The number of hydrogen-bond acceptors (Lipinski definition) is 1. The average molecular weight is 340 g/mol. The average Bonchev–Trinajstić information content (AvgIpc) is 2.87. The molecule has 0 N–H and O–H groups in total. The molecule has 0 aromatic carbocycles. The first-order valence-electron chi connectivity index (χ1n) is 9.59. The normalized spacial score (nSPS) is 45.2. The predicted molar refractivity (Wildman–Crippen MR) is 86.3 cm³/mol. The molecule has 6 atom stereocenters. The first kappa shape index (κ1) is 16.7. The Morgan fingerprint density at radius 2 is 2.00 bits per heavy atom. The van der Waals surface area contributed by atoms with Gasteiger partial charge in [0.05, 0.1) is 0 Å². The van der Waals surface area contributed by atoms with E-state index in [1.807, 2.05) is 6.08 Å². The summed E-state index contributed by atoms with van der Waals surface area (Å²) in [6.07, 6.45) is 4.10. The lowest BCUT2D eigenvalue weighted by molar-refractivity contribution is -0.179. The van der Waals surface area contributed by atoms with E-state index in [1.54, 1.807) is 0 Å². The molecule has 0 aliphatic heterocycles. The summed E-state index contributed by atoms with van der Waals surface area (Å²) in [6.45, 7) is 2.22. The maximum atomic E-state index is 13.3. The van der Waals surface area contributed by atoms with Gasteiger partial charge in [-0.15, -0.1) is 0 Å². The molecule has 3 fully saturated rings. The molecule has 24 heavy (non-hydrogen) atoms. The van der Waals surface area contributed by atoms with E-state index in [-0.39, 0.29) is 11.7 Å². The van der Waals surface area contributed by atoms with Gasteiger partial charge in [-0.2, -0.15) is 13.2 Å². The van der Waals surface area contributed by atoms with Gasteiger partial charge in [0.2, 0.25) is 0 Å². The van der Waals surface area contributed by atoms with Crippen LogP contribution < -0.4 is 0 Å². The molecule has 0 aromatic heterocycles. The van der Waals surface area contributed by atoms with Gasteiger partial charge in [0.15, 0.2) is 5.78 Å². The fourth-order valence-electron chi connectivity index (χ4n) is 7.09. The third-order valence-corrected chi connectivity index (χ3v) is 7.72. The van der Waals surface area contributed by atoms with Crippen molar-refractivity contribution < 1.29 is 18.0 Å². The van der Waals surface area contributed by atoms with E-state index in [4.69, 9.17) is 0 Å². The Kier molecular flexibility index (Phi) is 3.89. The number of carbonyl (C=O) groups excluding carboxylic acids is 1. The molecule has 0 unspecified atom stereocenters. The second kappa shape index (κ2) is 5.60. The van der Waals surface area contributed by atoms with Gasteiger partial charge in [-0.05, 0) is 79.6 Å². The van der Waals surface area contributed by atoms with E-state index >= 15 is 0 Å². The highest BCUT2D eigenvalue weighted by Crippen LogP contribution is 2.65. The summed E-state index contributed by atoms with van der Waals surface area (Å²) >= 11 is 0. The van der Waals surface area contributed by atoms with E-state index in [0.29, 0.717) is 30.1 Å². The maximum Gasteiger partial charge on any atom is 0.389 e. The molecule has 0 bridgehead atoms. The Balaban J connectivity index is 1.64. The molecule has 3 saturated carbocycles. The molecule has 0 amide bonds. The van der Waals surface area contributed by atoms with Crippen molar-refractivity contribution in [3.8, 4) is 0 Å². The van der Waals surface area contributed by atoms with Gasteiger partial charge in [0, 0.05) is 12.8 Å². The molecule has 0 heterocycles. The quantitative estimate of drug-likeness (QED) is 0.599. The SMILES string of the molecule is C[C@@H]1CC2=CC(=O)CC[C@@H]2[C@H]2CC[C@]3(CC(F)(F)F)CCC[C@H]3[C@@H]21. The molecular formula is C20H27F3O. The van der Waals surface area contributed by atoms with Crippen molar-refractivity contribution in [3.05, 3.63) is 11.6 Å². The number of rotatable bonds is 1. The molecular weight excluding hydrogens is 313 g/mol. The number of fused-ring (bicyclic) bond motifs is 5. The van der Waals surface area contributed by atoms with Gasteiger partial charge in [-0.1, -0.05) is 18.9 Å². The highest BCUT2D eigenvalue weighted by Gasteiger charge is 2.58. The Hall–Kier alpha value is -0.800. The van der Waals surface area contributed by atoms with Crippen molar-refractivity contribution in [3.63, 3.8) is 0 Å². The Bertz CT molecular complexity index is 564. The molecule has 0 spiro atoms. The van der Waals surface area contributed by atoms with Crippen molar-refractivity contribution in [2.24, 2.45) is 35.0 Å². The third kappa shape index (κ3) is 2.64. The van der Waals surface area contributed by atoms with E-state index in [2.05, 4.69) is 6.92 Å². The standard InChI is InChI=1S/C20H27F3O/c1-12-9-13-10-14(24)4-5-15(13)16-6-8-19(11-20(21,22)23)7-2-3-17(19)18(12)16/h10,12,15-18H,2-9,11H2,1H3/t12-,15+,16-,17+,18-,19+/m1/s1. The summed E-state index contributed by atoms with van der Waals surface area (Å²) in [5, 5.41) is 0. The summed E-state index contributed by atoms with van der Waals surface area (Å²) in [7, 11) is 0. The highest BCUT2D eigenvalue weighted by molar-refractivity contribution is 5.91. The molecule has 4 heteroatoms. The molecule has 4 aliphatic carbocycles. The van der Waals surface area contributed by atoms with E-state index in [1.165, 1.54) is 5.57 Å². The fraction of sp³-hybridized carbons (Fsp3) is 0.850. The molecule has 0 aromatic rings. The van der Waals surface area contributed by atoms with Crippen LogP contribution in [0.4, 0.5) is 13.2 Å². The monoisotopic (exact) mass is 340 g/mol. The molecule has 4 rings (SSSR count). The molecule has 0 saturated heterocycles. The van der Waals surface area contributed by atoms with Crippen LogP contribution in [0, 0.1) is 35.0 Å². The van der Waals surface area contributed by atoms with E-state index < -0.39 is 18.0 Å². The first-order chi connectivity index (χ1) is 11.3. The van der Waals surface area contributed by atoms with Crippen molar-refractivity contribution in [2.75, 3.05) is 0 Å². The lowest BCUT2D eigenvalue weighted by Crippen LogP contribution is -2.49. The second-order valence-electron chi connectivity index (χ2n) is 8.95. The van der Waals surface area contributed by atoms with Gasteiger partial charge in [-0.3, -0.25) is 4.79 Å². The van der Waals surface area contributed by atoms with Crippen LogP contribution in [0.5, 0.6) is 0 Å². The van der Waals surface area contributed by atoms with Crippen LogP contribution in [0.1, 0.15) is 64.7 Å². The first-order valence-corrected chi connectivity index (χ1v) is 9.59. The van der Waals surface area contributed by atoms with Gasteiger partial charge >= 0.3 is 6.18 Å². The summed E-state index contributed by atoms with van der Waals surface area (Å²) in [5.74, 6) is 2.31. The van der Waals surface area contributed by atoms with Crippen LogP contribution in [0.2, 0.25) is 0 Å². The summed E-state index contributed by atoms with van der Waals surface area (Å²) in [5.41, 5.74) is 0.820. The lowest BCUT2D eigenvalue weighted by atomic mass is 9.49. The largest absolute Gasteiger partial charge is 0.389 e. The summed E-state index contributed by atoms with van der Waals surface area (Å²) in [4.78, 5) is 11.8. The summed E-state index contributed by atoms with van der Waals surface area (Å²) < 4.78 is 39.8. The van der Waals surface area contributed by atoms with Gasteiger partial charge < -0.3 is 0 Å².